The van der Waals surface area contributed by atoms with Gasteiger partial charge in [-0.25, -0.2) is 0 Å². The maximum absolute atomic E-state index is 10.5. The molecule has 14 heavy (non-hydrogen) atoms. The van der Waals surface area contributed by atoms with Gasteiger partial charge in [-0.2, -0.15) is 0 Å². The van der Waals surface area contributed by atoms with Crippen molar-refractivity contribution in [1.82, 2.24) is 0 Å². The molecule has 0 aromatic heterocycles. The van der Waals surface area contributed by atoms with E-state index in [1.54, 1.807) is 6.92 Å². The van der Waals surface area contributed by atoms with E-state index in [4.69, 9.17) is 5.11 Å². The number of hydrogen-bond acceptors (Lipinski definition) is 3. The Morgan fingerprint density at radius 1 is 1.57 bits per heavy atom. The van der Waals surface area contributed by atoms with E-state index in [0.29, 0.717) is 6.42 Å². The van der Waals surface area contributed by atoms with Crippen LogP contribution in [0.1, 0.15) is 39.5 Å². The summed E-state index contributed by atoms with van der Waals surface area (Å²) in [5.74, 6) is -0.967. The van der Waals surface area contributed by atoms with Crippen LogP contribution in [0.4, 0.5) is 0 Å². The molecule has 0 heterocycles. The zero-order chi connectivity index (χ0) is 11.2. The molecule has 0 fully saturated rings. The maximum Gasteiger partial charge on any atom is 0.304 e. The summed E-state index contributed by atoms with van der Waals surface area (Å²) in [6, 6.07) is 0. The summed E-state index contributed by atoms with van der Waals surface area (Å²) >= 11 is 0. The van der Waals surface area contributed by atoms with E-state index < -0.39 is 16.3 Å². The molecule has 1 N–H and O–H groups in total. The molecule has 5 nitrogen and oxygen atoms in total. The fourth-order valence-corrected chi connectivity index (χ4v) is 1.50. The van der Waals surface area contributed by atoms with Gasteiger partial charge in [-0.1, -0.05) is 26.7 Å². The third kappa shape index (κ3) is 5.50. The summed E-state index contributed by atoms with van der Waals surface area (Å²) in [6.45, 7) is 3.38. The zero-order valence-corrected chi connectivity index (χ0v) is 8.65. The molecule has 0 radical (unpaired) electrons. The average Bonchev–Trinajstić information content (AvgIpc) is 1.97. The Morgan fingerprint density at radius 3 is 2.50 bits per heavy atom. The fraction of sp³-hybridized carbons (Fsp3) is 0.889. The van der Waals surface area contributed by atoms with Crippen molar-refractivity contribution < 1.29 is 14.8 Å². The van der Waals surface area contributed by atoms with Crippen molar-refractivity contribution in [3.63, 3.8) is 0 Å². The Labute approximate surface area is 83.3 Å². The molecule has 0 aliphatic carbocycles. The Balaban J connectivity index is 4.31. The number of unbranched alkanes of at least 4 members (excludes halogenated alkanes) is 1. The number of hydrogen-bond donors (Lipinski definition) is 1. The van der Waals surface area contributed by atoms with Gasteiger partial charge in [-0.05, 0) is 6.42 Å². The van der Waals surface area contributed by atoms with Crippen LogP contribution in [-0.2, 0) is 4.79 Å². The van der Waals surface area contributed by atoms with Gasteiger partial charge >= 0.3 is 5.97 Å². The molecule has 1 atom stereocenters. The van der Waals surface area contributed by atoms with Crippen LogP contribution >= 0.6 is 0 Å². The highest BCUT2D eigenvalue weighted by atomic mass is 16.6. The van der Waals surface area contributed by atoms with Crippen molar-refractivity contribution in [1.29, 1.82) is 0 Å². The Bertz CT molecular complexity index is 199. The van der Waals surface area contributed by atoms with E-state index >= 15 is 0 Å². The van der Waals surface area contributed by atoms with Gasteiger partial charge in [0, 0.05) is 10.3 Å². The lowest BCUT2D eigenvalue weighted by molar-refractivity contribution is -0.496. The summed E-state index contributed by atoms with van der Waals surface area (Å²) in [7, 11) is 0. The molecular formula is C9H17NO4. The van der Waals surface area contributed by atoms with Gasteiger partial charge in [0.25, 0.3) is 0 Å². The van der Waals surface area contributed by atoms with Gasteiger partial charge in [-0.15, -0.1) is 0 Å². The normalized spacial score (nSPS) is 14.7. The fourth-order valence-electron chi connectivity index (χ4n) is 1.50. The number of nitrogens with zero attached hydrogens (tertiary/aromatic N) is 1. The molecule has 0 unspecified atom stereocenters. The monoisotopic (exact) mass is 203 g/mol. The van der Waals surface area contributed by atoms with Crippen LogP contribution in [0.2, 0.25) is 0 Å². The van der Waals surface area contributed by atoms with Crippen LogP contribution < -0.4 is 0 Å². The summed E-state index contributed by atoms with van der Waals surface area (Å²) < 4.78 is 0. The lowest BCUT2D eigenvalue weighted by Gasteiger charge is -2.22. The second-order valence-electron chi connectivity index (χ2n) is 3.98. The minimum atomic E-state index is -0.967. The minimum Gasteiger partial charge on any atom is -0.481 e. The highest BCUT2D eigenvalue weighted by molar-refractivity contribution is 5.67. The van der Waals surface area contributed by atoms with Crippen molar-refractivity contribution in [3.05, 3.63) is 10.1 Å². The molecule has 0 aromatic carbocycles. The van der Waals surface area contributed by atoms with Gasteiger partial charge in [-0.3, -0.25) is 14.9 Å². The second-order valence-corrected chi connectivity index (χ2v) is 3.98. The second kappa shape index (κ2) is 5.57. The van der Waals surface area contributed by atoms with E-state index in [2.05, 4.69) is 0 Å². The standard InChI is InChI=1S/C9H17NO4/c1-3-4-5-9(2,6-8(11)12)7-10(13)14/h3-7H2,1-2H3,(H,11,12)/t9-/m1/s1. The van der Waals surface area contributed by atoms with Gasteiger partial charge < -0.3 is 5.11 Å². The summed E-state index contributed by atoms with van der Waals surface area (Å²) in [6.07, 6.45) is 2.22. The number of aliphatic carboxylic acids is 1. The van der Waals surface area contributed by atoms with Crippen LogP contribution in [0, 0.1) is 15.5 Å². The molecular weight excluding hydrogens is 186 g/mol. The van der Waals surface area contributed by atoms with Crippen LogP contribution in [0.5, 0.6) is 0 Å². The molecule has 0 aliphatic heterocycles. The van der Waals surface area contributed by atoms with E-state index in [9.17, 15) is 14.9 Å². The predicted octanol–water partition coefficient (Wildman–Crippen LogP) is 1.93. The molecule has 0 saturated heterocycles. The van der Waals surface area contributed by atoms with Crippen LogP contribution in [0.3, 0.4) is 0 Å². The number of carboxylic acids is 1. The minimum absolute atomic E-state index is 0.131. The van der Waals surface area contributed by atoms with E-state index in [1.807, 2.05) is 6.92 Å². The first-order chi connectivity index (χ1) is 6.39. The molecule has 0 rings (SSSR count). The highest BCUT2D eigenvalue weighted by Gasteiger charge is 2.32. The molecule has 0 bridgehead atoms. The topological polar surface area (TPSA) is 80.4 Å². The first-order valence-corrected chi connectivity index (χ1v) is 4.73. The predicted molar refractivity (Wildman–Crippen MR) is 51.7 cm³/mol. The molecule has 0 amide bonds. The largest absolute Gasteiger partial charge is 0.481 e. The van der Waals surface area contributed by atoms with E-state index in [-0.39, 0.29) is 13.0 Å². The van der Waals surface area contributed by atoms with Gasteiger partial charge in [0.2, 0.25) is 6.54 Å². The Hall–Kier alpha value is -1.13. The van der Waals surface area contributed by atoms with Crippen molar-refractivity contribution in [2.24, 2.45) is 5.41 Å². The van der Waals surface area contributed by atoms with Crippen molar-refractivity contribution in [2.75, 3.05) is 6.54 Å². The quantitative estimate of drug-likeness (QED) is 0.506. The molecule has 0 aromatic rings. The average molecular weight is 203 g/mol. The number of carbonyl (C=O) groups is 1. The van der Waals surface area contributed by atoms with Crippen molar-refractivity contribution in [3.8, 4) is 0 Å². The maximum atomic E-state index is 10.5. The molecule has 0 spiro atoms. The Morgan fingerprint density at radius 2 is 2.14 bits per heavy atom. The van der Waals surface area contributed by atoms with Crippen LogP contribution in [-0.4, -0.2) is 22.5 Å². The smallest absolute Gasteiger partial charge is 0.304 e. The zero-order valence-electron chi connectivity index (χ0n) is 8.65. The molecule has 0 aliphatic rings. The first-order valence-electron chi connectivity index (χ1n) is 4.73. The first kappa shape index (κ1) is 12.9. The Kier molecular flexibility index (Phi) is 5.12. The third-order valence-electron chi connectivity index (χ3n) is 2.22. The summed E-state index contributed by atoms with van der Waals surface area (Å²) in [5, 5.41) is 19.0. The van der Waals surface area contributed by atoms with Crippen LogP contribution in [0.25, 0.3) is 0 Å². The molecule has 0 saturated carbocycles. The molecule has 5 heteroatoms. The molecule has 82 valence electrons. The lowest BCUT2D eigenvalue weighted by Crippen LogP contribution is -2.29. The van der Waals surface area contributed by atoms with Gasteiger partial charge in [0.05, 0.1) is 6.42 Å². The number of nitro groups is 1. The lowest BCUT2D eigenvalue weighted by atomic mass is 9.82. The van der Waals surface area contributed by atoms with E-state index in [1.165, 1.54) is 0 Å². The van der Waals surface area contributed by atoms with Gasteiger partial charge in [0.1, 0.15) is 0 Å². The van der Waals surface area contributed by atoms with Gasteiger partial charge in [0.15, 0.2) is 0 Å². The van der Waals surface area contributed by atoms with Crippen molar-refractivity contribution >= 4 is 5.97 Å². The van der Waals surface area contributed by atoms with E-state index in [0.717, 1.165) is 12.8 Å². The summed E-state index contributed by atoms with van der Waals surface area (Å²) in [5.41, 5.74) is -0.703. The number of carboxylic acid groups (broad SMARTS) is 1. The summed E-state index contributed by atoms with van der Waals surface area (Å²) in [4.78, 5) is 20.5. The van der Waals surface area contributed by atoms with Crippen molar-refractivity contribution in [2.45, 2.75) is 39.5 Å². The highest BCUT2D eigenvalue weighted by Crippen LogP contribution is 2.28. The number of rotatable bonds is 7. The SMILES string of the molecule is CCCC[C@](C)(CC(=O)O)C[N+](=O)[O-]. The third-order valence-corrected chi connectivity index (χ3v) is 2.22. The van der Waals surface area contributed by atoms with Crippen LogP contribution in [0.15, 0.2) is 0 Å².